The Morgan fingerprint density at radius 3 is 2.57 bits per heavy atom. The van der Waals surface area contributed by atoms with Crippen LogP contribution in [0.1, 0.15) is 76.9 Å². The van der Waals surface area contributed by atoms with E-state index < -0.39 is 47.7 Å². The van der Waals surface area contributed by atoms with E-state index in [1.165, 1.54) is 0 Å². The van der Waals surface area contributed by atoms with Gasteiger partial charge in [0.25, 0.3) is 0 Å². The molecule has 0 aromatic heterocycles. The molecular formula is C36H51N3O7. The van der Waals surface area contributed by atoms with Gasteiger partial charge >= 0.3 is 5.97 Å². The van der Waals surface area contributed by atoms with Crippen LogP contribution in [0.2, 0.25) is 0 Å². The van der Waals surface area contributed by atoms with Crippen molar-refractivity contribution in [2.45, 2.75) is 95.1 Å². The minimum atomic E-state index is -1.14. The van der Waals surface area contributed by atoms with E-state index in [4.69, 9.17) is 9.47 Å². The van der Waals surface area contributed by atoms with Crippen molar-refractivity contribution in [1.82, 2.24) is 14.7 Å². The lowest BCUT2D eigenvalue weighted by atomic mass is 9.70. The molecule has 0 aliphatic carbocycles. The van der Waals surface area contributed by atoms with Gasteiger partial charge < -0.3 is 29.3 Å². The van der Waals surface area contributed by atoms with E-state index >= 15 is 0 Å². The van der Waals surface area contributed by atoms with Crippen LogP contribution in [-0.2, 0) is 28.7 Å². The smallest absolute Gasteiger partial charge is 0.313 e. The SMILES string of the molecule is C=CCCC(=O)N(C)[C@@H](C)[C@@H](OC(=O)[C@@H]1[C@@H]2CC[C@]3(O2)[C@H](C(=O)N(CC=C)CCCC)N(CCCCO)C(=O)[C@@H]13)c1ccccc1. The number of unbranched alkanes of at least 4 members (excludes halogenated alkanes) is 2. The quantitative estimate of drug-likeness (QED) is 0.147. The van der Waals surface area contributed by atoms with Gasteiger partial charge in [0.05, 0.1) is 24.0 Å². The molecule has 0 saturated carbocycles. The van der Waals surface area contributed by atoms with Crippen LogP contribution in [0, 0.1) is 11.8 Å². The number of carbonyl (C=O) groups is 4. The fourth-order valence-electron chi connectivity index (χ4n) is 7.43. The Bertz CT molecular complexity index is 1260. The van der Waals surface area contributed by atoms with Crippen LogP contribution >= 0.6 is 0 Å². The Morgan fingerprint density at radius 2 is 1.91 bits per heavy atom. The van der Waals surface area contributed by atoms with Crippen molar-refractivity contribution in [2.24, 2.45) is 11.8 Å². The largest absolute Gasteiger partial charge is 0.455 e. The van der Waals surface area contributed by atoms with E-state index in [9.17, 15) is 24.3 Å². The minimum Gasteiger partial charge on any atom is -0.455 e. The zero-order chi connectivity index (χ0) is 33.4. The molecule has 0 unspecified atom stereocenters. The summed E-state index contributed by atoms with van der Waals surface area (Å²) in [5.74, 6) is -2.88. The normalized spacial score (nSPS) is 25.9. The first-order valence-electron chi connectivity index (χ1n) is 16.8. The summed E-state index contributed by atoms with van der Waals surface area (Å²) in [5, 5.41) is 9.45. The van der Waals surface area contributed by atoms with Crippen molar-refractivity contribution < 1.29 is 33.8 Å². The molecule has 46 heavy (non-hydrogen) atoms. The van der Waals surface area contributed by atoms with E-state index in [0.29, 0.717) is 51.6 Å². The maximum atomic E-state index is 14.3. The number of likely N-dealkylation sites (tertiary alicyclic amines) is 1. The molecule has 0 radical (unpaired) electrons. The molecule has 2 bridgehead atoms. The van der Waals surface area contributed by atoms with Crippen LogP contribution in [0.4, 0.5) is 0 Å². The van der Waals surface area contributed by atoms with Gasteiger partial charge in [0.15, 0.2) is 0 Å². The van der Waals surface area contributed by atoms with E-state index in [1.54, 1.807) is 33.9 Å². The van der Waals surface area contributed by atoms with Crippen molar-refractivity contribution in [1.29, 1.82) is 0 Å². The third-order valence-corrected chi connectivity index (χ3v) is 9.93. The van der Waals surface area contributed by atoms with Gasteiger partial charge in [0.2, 0.25) is 17.7 Å². The molecule has 3 amide bonds. The zero-order valence-electron chi connectivity index (χ0n) is 27.6. The molecule has 1 N–H and O–H groups in total. The summed E-state index contributed by atoms with van der Waals surface area (Å²) < 4.78 is 12.9. The Kier molecular flexibility index (Phi) is 12.2. The lowest BCUT2D eigenvalue weighted by Gasteiger charge is -2.37. The predicted molar refractivity (Wildman–Crippen MR) is 174 cm³/mol. The second-order valence-electron chi connectivity index (χ2n) is 12.8. The summed E-state index contributed by atoms with van der Waals surface area (Å²) in [6.07, 6.45) is 6.60. The molecule has 10 heteroatoms. The monoisotopic (exact) mass is 637 g/mol. The van der Waals surface area contributed by atoms with Crippen molar-refractivity contribution in [2.75, 3.05) is 33.3 Å². The van der Waals surface area contributed by atoms with Crippen molar-refractivity contribution >= 4 is 23.7 Å². The van der Waals surface area contributed by atoms with E-state index in [0.717, 1.165) is 18.4 Å². The van der Waals surface area contributed by atoms with Crippen molar-refractivity contribution in [3.05, 3.63) is 61.2 Å². The highest BCUT2D eigenvalue weighted by atomic mass is 16.6. The maximum absolute atomic E-state index is 14.3. The predicted octanol–water partition coefficient (Wildman–Crippen LogP) is 4.05. The van der Waals surface area contributed by atoms with E-state index in [2.05, 4.69) is 20.1 Å². The summed E-state index contributed by atoms with van der Waals surface area (Å²) in [6.45, 7) is 12.6. The van der Waals surface area contributed by atoms with Gasteiger partial charge in [-0.1, -0.05) is 55.8 Å². The molecule has 4 rings (SSSR count). The van der Waals surface area contributed by atoms with Crippen LogP contribution < -0.4 is 0 Å². The van der Waals surface area contributed by atoms with Gasteiger partial charge in [0.1, 0.15) is 17.7 Å². The molecule has 10 nitrogen and oxygen atoms in total. The Labute approximate surface area is 273 Å². The number of ether oxygens (including phenoxy) is 2. The fraction of sp³-hybridized carbons (Fsp3) is 0.611. The van der Waals surface area contributed by atoms with Crippen LogP contribution in [0.15, 0.2) is 55.6 Å². The van der Waals surface area contributed by atoms with Gasteiger partial charge in [-0.25, -0.2) is 0 Å². The first kappa shape index (κ1) is 35.4. The van der Waals surface area contributed by atoms with Gasteiger partial charge in [-0.15, -0.1) is 13.2 Å². The molecule has 3 aliphatic rings. The summed E-state index contributed by atoms with van der Waals surface area (Å²) in [4.78, 5) is 60.7. The number of fused-ring (bicyclic) bond motifs is 1. The number of aliphatic hydroxyl groups is 1. The summed E-state index contributed by atoms with van der Waals surface area (Å²) in [6, 6.07) is 7.93. The van der Waals surface area contributed by atoms with Crippen LogP contribution in [0.5, 0.6) is 0 Å². The molecule has 3 fully saturated rings. The highest BCUT2D eigenvalue weighted by Crippen LogP contribution is 2.59. The molecule has 3 aliphatic heterocycles. The molecule has 7 atom stereocenters. The number of hydrogen-bond acceptors (Lipinski definition) is 7. The van der Waals surface area contributed by atoms with Gasteiger partial charge in [0, 0.05) is 39.7 Å². The number of aliphatic hydroxyl groups excluding tert-OH is 1. The zero-order valence-corrected chi connectivity index (χ0v) is 27.6. The third-order valence-electron chi connectivity index (χ3n) is 9.93. The fourth-order valence-corrected chi connectivity index (χ4v) is 7.43. The summed E-state index contributed by atoms with van der Waals surface area (Å²) in [7, 11) is 1.70. The van der Waals surface area contributed by atoms with Gasteiger partial charge in [-0.05, 0) is 51.0 Å². The standard InChI is InChI=1S/C36H51N3O7/c1-6-9-18-28(41)37(5)25(4)31(26-16-12-11-13-17-26)45-35(44)29-27-19-20-36(46-27)30(29)33(42)39(23-14-15-24-40)32(36)34(43)38(21-8-3)22-10-7-2/h6,8,11-13,16-17,25,27,29-32,40H,1,3,7,9-10,14-15,18-24H2,2,4-5H3/t25-,27-,29+,30+,31+,32-,36+/m0/s1. The molecule has 1 aromatic rings. The Morgan fingerprint density at radius 1 is 1.17 bits per heavy atom. The number of esters is 1. The number of nitrogens with zero attached hydrogens (tertiary/aromatic N) is 3. The van der Waals surface area contributed by atoms with Crippen molar-refractivity contribution in [3.8, 4) is 0 Å². The average Bonchev–Trinajstić information content (AvgIpc) is 3.71. The van der Waals surface area contributed by atoms with Gasteiger partial charge in [-0.2, -0.15) is 0 Å². The average molecular weight is 638 g/mol. The summed E-state index contributed by atoms with van der Waals surface area (Å²) >= 11 is 0. The second-order valence-corrected chi connectivity index (χ2v) is 12.8. The highest BCUT2D eigenvalue weighted by molar-refractivity contribution is 5.98. The molecule has 3 saturated heterocycles. The molecular weight excluding hydrogens is 586 g/mol. The molecule has 3 heterocycles. The topological polar surface area (TPSA) is 117 Å². The van der Waals surface area contributed by atoms with E-state index in [-0.39, 0.29) is 30.9 Å². The van der Waals surface area contributed by atoms with Crippen molar-refractivity contribution in [3.63, 3.8) is 0 Å². The number of likely N-dealkylation sites (N-methyl/N-ethyl adjacent to an activating group) is 1. The van der Waals surface area contributed by atoms with Crippen LogP contribution in [0.3, 0.4) is 0 Å². The number of hydrogen-bond donors (Lipinski definition) is 1. The first-order chi connectivity index (χ1) is 22.2. The van der Waals surface area contributed by atoms with Crippen LogP contribution in [-0.4, -0.2) is 101 Å². The number of rotatable bonds is 18. The lowest BCUT2D eigenvalue weighted by Crippen LogP contribution is -2.56. The second kappa shape index (κ2) is 15.9. The highest BCUT2D eigenvalue weighted by Gasteiger charge is 2.75. The Hall–Kier alpha value is -3.50. The van der Waals surface area contributed by atoms with E-state index in [1.807, 2.05) is 37.3 Å². The lowest BCUT2D eigenvalue weighted by molar-refractivity contribution is -0.164. The number of benzene rings is 1. The number of carbonyl (C=O) groups excluding carboxylic acids is 4. The number of allylic oxidation sites excluding steroid dienone is 1. The minimum absolute atomic E-state index is 0.0224. The first-order valence-corrected chi connectivity index (χ1v) is 16.8. The Balaban J connectivity index is 1.66. The number of amides is 3. The third kappa shape index (κ3) is 6.93. The van der Waals surface area contributed by atoms with Gasteiger partial charge in [-0.3, -0.25) is 19.2 Å². The molecule has 1 aromatic carbocycles. The molecule has 1 spiro atoms. The van der Waals surface area contributed by atoms with Crippen LogP contribution in [0.25, 0.3) is 0 Å². The molecule has 252 valence electrons. The maximum Gasteiger partial charge on any atom is 0.313 e. The summed E-state index contributed by atoms with van der Waals surface area (Å²) in [5.41, 5.74) is -0.406.